The number of hydrogen-bond donors (Lipinski definition) is 0. The third-order valence-electron chi connectivity index (χ3n) is 2.73. The van der Waals surface area contributed by atoms with Gasteiger partial charge in [0.05, 0.1) is 0 Å². The van der Waals surface area contributed by atoms with Crippen LogP contribution in [0.1, 0.15) is 13.8 Å². The number of alkyl halides is 12. The van der Waals surface area contributed by atoms with Gasteiger partial charge in [0, 0.05) is 0 Å². The second kappa shape index (κ2) is 5.90. The highest BCUT2D eigenvalue weighted by Gasteiger charge is 2.71. The number of halogens is 12. The summed E-state index contributed by atoms with van der Waals surface area (Å²) >= 11 is 0. The third-order valence-corrected chi connectivity index (χ3v) is 2.73. The van der Waals surface area contributed by atoms with Gasteiger partial charge in [-0.1, -0.05) is 0 Å². The van der Waals surface area contributed by atoms with Crippen molar-refractivity contribution in [3.05, 3.63) is 0 Å². The SMILES string of the molecule is CC(O[B]OC(C)(C(F)(F)F)C(F)(F)F)(C(F)(F)F)C(F)(F)F. The van der Waals surface area contributed by atoms with Crippen molar-refractivity contribution in [2.75, 3.05) is 0 Å². The van der Waals surface area contributed by atoms with Crippen molar-refractivity contribution >= 4 is 7.69 Å². The minimum atomic E-state index is -6.20. The zero-order chi connectivity index (χ0) is 19.1. The summed E-state index contributed by atoms with van der Waals surface area (Å²) in [5.41, 5.74) is -10.1. The van der Waals surface area contributed by atoms with Crippen LogP contribution in [0.2, 0.25) is 0 Å². The summed E-state index contributed by atoms with van der Waals surface area (Å²) in [5.74, 6) is 0. The second-order valence-electron chi connectivity index (χ2n) is 4.39. The first-order chi connectivity index (χ1) is 9.71. The summed E-state index contributed by atoms with van der Waals surface area (Å²) in [6, 6.07) is 0. The fourth-order valence-electron chi connectivity index (χ4n) is 0.805. The van der Waals surface area contributed by atoms with Crippen LogP contribution in [0.5, 0.6) is 0 Å². The van der Waals surface area contributed by atoms with Crippen LogP contribution in [0.3, 0.4) is 0 Å². The monoisotopic (exact) mass is 373 g/mol. The average molecular weight is 373 g/mol. The van der Waals surface area contributed by atoms with E-state index in [-0.39, 0.29) is 0 Å². The van der Waals surface area contributed by atoms with Gasteiger partial charge in [0.15, 0.2) is 0 Å². The molecule has 0 saturated carbocycles. The summed E-state index contributed by atoms with van der Waals surface area (Å²) in [6.07, 6.45) is -24.8. The standard InChI is InChI=1S/C8H6BF12O2/c1-3(5(10,11)12,6(13,14)15)22-9-23-4(2,7(16,17)18)8(19,20)21/h1-2H3. The van der Waals surface area contributed by atoms with Crippen molar-refractivity contribution in [1.29, 1.82) is 0 Å². The number of rotatable bonds is 4. The normalized spacial score (nSPS) is 15.7. The zero-order valence-corrected chi connectivity index (χ0v) is 10.9. The van der Waals surface area contributed by atoms with Gasteiger partial charge in [-0.2, -0.15) is 52.7 Å². The third kappa shape index (κ3) is 4.16. The predicted octanol–water partition coefficient (Wildman–Crippen LogP) is 4.32. The molecule has 0 rings (SSSR count). The Morgan fingerprint density at radius 1 is 0.478 bits per heavy atom. The lowest BCUT2D eigenvalue weighted by atomic mass is 10.0. The Kier molecular flexibility index (Phi) is 5.68. The summed E-state index contributed by atoms with van der Waals surface area (Å²) in [6.45, 7) is -1.27. The molecular formula is C8H6BF12O2. The molecule has 23 heavy (non-hydrogen) atoms. The van der Waals surface area contributed by atoms with E-state index in [0.29, 0.717) is 0 Å². The van der Waals surface area contributed by atoms with Crippen LogP contribution in [-0.2, 0) is 9.31 Å². The fourth-order valence-corrected chi connectivity index (χ4v) is 0.805. The van der Waals surface area contributed by atoms with E-state index in [2.05, 4.69) is 9.31 Å². The molecule has 0 aliphatic carbocycles. The van der Waals surface area contributed by atoms with E-state index in [0.717, 1.165) is 0 Å². The van der Waals surface area contributed by atoms with Gasteiger partial charge in [-0.25, -0.2) is 0 Å². The van der Waals surface area contributed by atoms with E-state index in [4.69, 9.17) is 0 Å². The van der Waals surface area contributed by atoms with E-state index in [9.17, 15) is 52.7 Å². The first-order valence-corrected chi connectivity index (χ1v) is 5.15. The van der Waals surface area contributed by atoms with Gasteiger partial charge in [-0.15, -0.1) is 0 Å². The minimum Gasteiger partial charge on any atom is -0.393 e. The lowest BCUT2D eigenvalue weighted by Gasteiger charge is -2.37. The van der Waals surface area contributed by atoms with Crippen LogP contribution in [0.4, 0.5) is 52.7 Å². The van der Waals surface area contributed by atoms with Crippen LogP contribution in [-0.4, -0.2) is 43.6 Å². The number of hydrogen-bond acceptors (Lipinski definition) is 2. The predicted molar refractivity (Wildman–Crippen MR) is 49.0 cm³/mol. The van der Waals surface area contributed by atoms with Gasteiger partial charge in [0.2, 0.25) is 11.2 Å². The van der Waals surface area contributed by atoms with Gasteiger partial charge in [0.1, 0.15) is 0 Å². The van der Waals surface area contributed by atoms with Gasteiger partial charge < -0.3 is 9.31 Å². The lowest BCUT2D eigenvalue weighted by molar-refractivity contribution is -0.368. The Bertz CT molecular complexity index is 339. The molecule has 0 spiro atoms. The highest BCUT2D eigenvalue weighted by atomic mass is 19.4. The van der Waals surface area contributed by atoms with Crippen molar-refractivity contribution in [2.45, 2.75) is 49.8 Å². The highest BCUT2D eigenvalue weighted by Crippen LogP contribution is 2.47. The average Bonchev–Trinajstić information content (AvgIpc) is 2.22. The van der Waals surface area contributed by atoms with Gasteiger partial charge >= 0.3 is 32.4 Å². The van der Waals surface area contributed by atoms with E-state index in [1.807, 2.05) is 0 Å². The molecule has 0 aliphatic heterocycles. The molecule has 0 heterocycles. The first-order valence-electron chi connectivity index (χ1n) is 5.15. The molecule has 0 aromatic rings. The quantitative estimate of drug-likeness (QED) is 0.540. The van der Waals surface area contributed by atoms with E-state index >= 15 is 0 Å². The molecule has 0 unspecified atom stereocenters. The maximum absolute atomic E-state index is 12.3. The molecule has 0 fully saturated rings. The minimum absolute atomic E-state index is 0.634. The van der Waals surface area contributed by atoms with Crippen molar-refractivity contribution in [1.82, 2.24) is 0 Å². The zero-order valence-electron chi connectivity index (χ0n) is 10.9. The van der Waals surface area contributed by atoms with E-state index in [1.165, 1.54) is 0 Å². The molecule has 0 aromatic heterocycles. The molecule has 0 saturated heterocycles. The molecule has 0 amide bonds. The van der Waals surface area contributed by atoms with Gasteiger partial charge in [0.25, 0.3) is 0 Å². The molecule has 0 aliphatic rings. The van der Waals surface area contributed by atoms with Crippen LogP contribution in [0.25, 0.3) is 0 Å². The molecule has 137 valence electrons. The summed E-state index contributed by atoms with van der Waals surface area (Å²) in [5, 5.41) is 0. The maximum Gasteiger partial charge on any atom is 0.489 e. The lowest BCUT2D eigenvalue weighted by Crippen LogP contribution is -2.60. The largest absolute Gasteiger partial charge is 0.489 e. The summed E-state index contributed by atoms with van der Waals surface area (Å²) < 4.78 is 154. The Morgan fingerprint density at radius 2 is 0.652 bits per heavy atom. The molecule has 0 aromatic carbocycles. The van der Waals surface area contributed by atoms with Crippen LogP contribution in [0.15, 0.2) is 0 Å². The molecule has 15 heteroatoms. The Labute approximate surface area is 121 Å². The first kappa shape index (κ1) is 22.1. The molecular weight excluding hydrogens is 367 g/mol. The van der Waals surface area contributed by atoms with Crippen molar-refractivity contribution < 1.29 is 62.0 Å². The van der Waals surface area contributed by atoms with Gasteiger partial charge in [-0.05, 0) is 13.8 Å². The molecule has 1 radical (unpaired) electrons. The molecule has 2 nitrogen and oxygen atoms in total. The fraction of sp³-hybridized carbons (Fsp3) is 1.00. The topological polar surface area (TPSA) is 18.5 Å². The Hall–Kier alpha value is -0.855. The van der Waals surface area contributed by atoms with E-state index < -0.39 is 57.4 Å². The maximum atomic E-state index is 12.3. The smallest absolute Gasteiger partial charge is 0.393 e. The molecule has 0 bridgehead atoms. The molecule has 0 atom stereocenters. The highest BCUT2D eigenvalue weighted by molar-refractivity contribution is 6.18. The molecule has 0 N–H and O–H groups in total. The van der Waals surface area contributed by atoms with Gasteiger partial charge in [-0.3, -0.25) is 0 Å². The van der Waals surface area contributed by atoms with Crippen molar-refractivity contribution in [2.24, 2.45) is 0 Å². The summed E-state index contributed by atoms with van der Waals surface area (Å²) in [7, 11) is -1.28. The summed E-state index contributed by atoms with van der Waals surface area (Å²) in [4.78, 5) is 0. The van der Waals surface area contributed by atoms with Crippen molar-refractivity contribution in [3.63, 3.8) is 0 Å². The Balaban J connectivity index is 5.38. The van der Waals surface area contributed by atoms with E-state index in [1.54, 1.807) is 0 Å². The van der Waals surface area contributed by atoms with Crippen LogP contribution >= 0.6 is 0 Å². The van der Waals surface area contributed by atoms with Crippen LogP contribution in [0, 0.1) is 0 Å². The van der Waals surface area contributed by atoms with Crippen LogP contribution < -0.4 is 0 Å². The second-order valence-corrected chi connectivity index (χ2v) is 4.39. The van der Waals surface area contributed by atoms with Crippen molar-refractivity contribution in [3.8, 4) is 0 Å². The Morgan fingerprint density at radius 3 is 0.783 bits per heavy atom.